The van der Waals surface area contributed by atoms with E-state index in [9.17, 15) is 14.3 Å². The van der Waals surface area contributed by atoms with Crippen molar-refractivity contribution in [2.24, 2.45) is 5.92 Å². The Morgan fingerprint density at radius 1 is 1.24 bits per heavy atom. The molecule has 2 aliphatic carbocycles. The molecule has 2 N–H and O–H groups in total. The van der Waals surface area contributed by atoms with E-state index in [0.29, 0.717) is 6.54 Å². The van der Waals surface area contributed by atoms with Gasteiger partial charge in [0.2, 0.25) is 5.91 Å². The van der Waals surface area contributed by atoms with E-state index in [1.165, 1.54) is 12.1 Å². The van der Waals surface area contributed by atoms with Gasteiger partial charge in [-0.2, -0.15) is 0 Å². The second kappa shape index (κ2) is 5.76. The van der Waals surface area contributed by atoms with Crippen molar-refractivity contribution in [2.75, 3.05) is 6.54 Å². The minimum absolute atomic E-state index is 0.0203. The quantitative estimate of drug-likeness (QED) is 0.895. The van der Waals surface area contributed by atoms with Crippen molar-refractivity contribution in [3.05, 3.63) is 35.6 Å². The lowest BCUT2D eigenvalue weighted by molar-refractivity contribution is -0.124. The van der Waals surface area contributed by atoms with Crippen molar-refractivity contribution in [2.45, 2.75) is 50.0 Å². The number of carbonyl (C=O) groups is 1. The van der Waals surface area contributed by atoms with Crippen molar-refractivity contribution in [3.63, 3.8) is 0 Å². The van der Waals surface area contributed by atoms with Gasteiger partial charge < -0.3 is 10.4 Å². The van der Waals surface area contributed by atoms with Crippen LogP contribution in [0.15, 0.2) is 24.3 Å². The van der Waals surface area contributed by atoms with Crippen LogP contribution >= 0.6 is 0 Å². The number of benzene rings is 1. The van der Waals surface area contributed by atoms with Crippen LogP contribution in [0.25, 0.3) is 0 Å². The lowest BCUT2D eigenvalue weighted by Crippen LogP contribution is -2.41. The van der Waals surface area contributed by atoms with Gasteiger partial charge in [0.05, 0.1) is 11.5 Å². The first-order chi connectivity index (χ1) is 10.1. The molecule has 2 saturated carbocycles. The first-order valence-corrected chi connectivity index (χ1v) is 7.84. The summed E-state index contributed by atoms with van der Waals surface area (Å²) in [6.45, 7) is 0.545. The third-order valence-corrected chi connectivity index (χ3v) is 4.98. The maximum Gasteiger partial charge on any atom is 0.230 e. The molecule has 0 heterocycles. The minimum atomic E-state index is -0.465. The highest BCUT2D eigenvalue weighted by Gasteiger charge is 2.51. The van der Waals surface area contributed by atoms with E-state index in [2.05, 4.69) is 5.32 Å². The Morgan fingerprint density at radius 3 is 2.52 bits per heavy atom. The predicted molar refractivity (Wildman–Crippen MR) is 78.3 cm³/mol. The molecule has 2 aliphatic rings. The Hall–Kier alpha value is -1.42. The Morgan fingerprint density at radius 2 is 1.90 bits per heavy atom. The third kappa shape index (κ3) is 2.95. The zero-order valence-corrected chi connectivity index (χ0v) is 12.1. The number of carbonyl (C=O) groups excluding carboxylic acids is 1. The van der Waals surface area contributed by atoms with Gasteiger partial charge >= 0.3 is 0 Å². The monoisotopic (exact) mass is 291 g/mol. The van der Waals surface area contributed by atoms with Gasteiger partial charge in [0.15, 0.2) is 0 Å². The number of aliphatic hydroxyl groups is 1. The van der Waals surface area contributed by atoms with Crippen molar-refractivity contribution < 1.29 is 14.3 Å². The molecule has 0 saturated heterocycles. The molecule has 0 radical (unpaired) electrons. The molecule has 21 heavy (non-hydrogen) atoms. The summed E-state index contributed by atoms with van der Waals surface area (Å²) in [4.78, 5) is 12.5. The van der Waals surface area contributed by atoms with E-state index >= 15 is 0 Å². The van der Waals surface area contributed by atoms with E-state index < -0.39 is 5.41 Å². The second-order valence-electron chi connectivity index (χ2n) is 6.41. The normalized spacial score (nSPS) is 27.1. The van der Waals surface area contributed by atoms with E-state index in [1.54, 1.807) is 12.1 Å². The van der Waals surface area contributed by atoms with Gasteiger partial charge in [0.25, 0.3) is 0 Å². The van der Waals surface area contributed by atoms with Gasteiger partial charge in [-0.15, -0.1) is 0 Å². The summed E-state index contributed by atoms with van der Waals surface area (Å²) in [5.74, 6) is -0.0844. The number of amides is 1. The maximum absolute atomic E-state index is 13.0. The van der Waals surface area contributed by atoms with Gasteiger partial charge in [0.1, 0.15) is 5.82 Å². The van der Waals surface area contributed by atoms with Gasteiger partial charge in [-0.05, 0) is 43.4 Å². The number of aliphatic hydroxyl groups excluding tert-OH is 1. The molecule has 3 rings (SSSR count). The van der Waals surface area contributed by atoms with Crippen molar-refractivity contribution in [1.82, 2.24) is 5.32 Å². The molecule has 114 valence electrons. The zero-order chi connectivity index (χ0) is 14.9. The summed E-state index contributed by atoms with van der Waals surface area (Å²) in [5, 5.41) is 13.0. The molecule has 0 bridgehead atoms. The van der Waals surface area contributed by atoms with Gasteiger partial charge in [-0.1, -0.05) is 25.0 Å². The van der Waals surface area contributed by atoms with Gasteiger partial charge in [0, 0.05) is 12.5 Å². The highest BCUT2D eigenvalue weighted by molar-refractivity contribution is 5.91. The van der Waals surface area contributed by atoms with Crippen LogP contribution in [0.2, 0.25) is 0 Å². The maximum atomic E-state index is 13.0. The van der Waals surface area contributed by atoms with Crippen LogP contribution in [-0.2, 0) is 10.2 Å². The molecule has 0 aromatic heterocycles. The Bertz CT molecular complexity index is 510. The number of hydrogen-bond donors (Lipinski definition) is 2. The molecular formula is C17H22FNO2. The fourth-order valence-electron chi connectivity index (χ4n) is 3.36. The van der Waals surface area contributed by atoms with Crippen molar-refractivity contribution in [3.8, 4) is 0 Å². The van der Waals surface area contributed by atoms with E-state index in [0.717, 1.165) is 44.1 Å². The van der Waals surface area contributed by atoms with Gasteiger partial charge in [-0.25, -0.2) is 4.39 Å². The highest BCUT2D eigenvalue weighted by Crippen LogP contribution is 2.48. The lowest BCUT2D eigenvalue weighted by Gasteiger charge is -2.28. The molecule has 1 aromatic carbocycles. The van der Waals surface area contributed by atoms with Crippen LogP contribution in [0.3, 0.4) is 0 Å². The molecule has 3 nitrogen and oxygen atoms in total. The summed E-state index contributed by atoms with van der Waals surface area (Å²) in [7, 11) is 0. The topological polar surface area (TPSA) is 49.3 Å². The number of hydrogen-bond acceptors (Lipinski definition) is 2. The lowest BCUT2D eigenvalue weighted by atomic mass is 9.86. The van der Waals surface area contributed by atoms with E-state index in [1.807, 2.05) is 0 Å². The number of nitrogens with one attached hydrogen (secondary N) is 1. The van der Waals surface area contributed by atoms with Crippen LogP contribution in [0.4, 0.5) is 4.39 Å². The summed E-state index contributed by atoms with van der Waals surface area (Å²) < 4.78 is 13.0. The number of rotatable bonds is 4. The van der Waals surface area contributed by atoms with Crippen LogP contribution in [0.1, 0.15) is 44.1 Å². The highest BCUT2D eigenvalue weighted by atomic mass is 19.1. The first kappa shape index (κ1) is 14.5. The molecule has 0 aliphatic heterocycles. The largest absolute Gasteiger partial charge is 0.393 e. The van der Waals surface area contributed by atoms with Gasteiger partial charge in [-0.3, -0.25) is 4.79 Å². The van der Waals surface area contributed by atoms with E-state index in [4.69, 9.17) is 0 Å². The molecule has 2 atom stereocenters. The fourth-order valence-corrected chi connectivity index (χ4v) is 3.36. The molecule has 4 heteroatoms. The third-order valence-electron chi connectivity index (χ3n) is 4.98. The second-order valence-corrected chi connectivity index (χ2v) is 6.41. The van der Waals surface area contributed by atoms with Crippen LogP contribution in [0.5, 0.6) is 0 Å². The van der Waals surface area contributed by atoms with Crippen LogP contribution in [0, 0.1) is 11.7 Å². The molecule has 1 amide bonds. The average Bonchev–Trinajstić information content (AvgIpc) is 3.28. The van der Waals surface area contributed by atoms with Crippen LogP contribution in [-0.4, -0.2) is 23.7 Å². The smallest absolute Gasteiger partial charge is 0.230 e. The summed E-state index contributed by atoms with van der Waals surface area (Å²) in [6, 6.07) is 6.23. The summed E-state index contributed by atoms with van der Waals surface area (Å²) in [6.07, 6.45) is 5.36. The zero-order valence-electron chi connectivity index (χ0n) is 12.1. The molecule has 2 fully saturated rings. The Balaban J connectivity index is 1.61. The van der Waals surface area contributed by atoms with Crippen molar-refractivity contribution >= 4 is 5.91 Å². The minimum Gasteiger partial charge on any atom is -0.393 e. The predicted octanol–water partition coefficient (Wildman–Crippen LogP) is 2.52. The summed E-state index contributed by atoms with van der Waals surface area (Å²) in [5.41, 5.74) is 0.429. The molecule has 2 unspecified atom stereocenters. The Kier molecular flexibility index (Phi) is 3.98. The SMILES string of the molecule is O=C(NCC1CCCCC1O)C1(c2ccc(F)cc2)CC1. The number of halogens is 1. The first-order valence-electron chi connectivity index (χ1n) is 7.84. The average molecular weight is 291 g/mol. The summed E-state index contributed by atoms with van der Waals surface area (Å²) >= 11 is 0. The Labute approximate surface area is 124 Å². The standard InChI is InChI=1S/C17H22FNO2/c18-14-7-5-13(6-8-14)17(9-10-17)16(21)19-11-12-3-1-2-4-15(12)20/h5-8,12,15,20H,1-4,9-11H2,(H,19,21). The molecule has 0 spiro atoms. The van der Waals surface area contributed by atoms with Crippen molar-refractivity contribution in [1.29, 1.82) is 0 Å². The fraction of sp³-hybridized carbons (Fsp3) is 0.588. The molecular weight excluding hydrogens is 269 g/mol. The molecule has 1 aromatic rings. The van der Waals surface area contributed by atoms with E-state index in [-0.39, 0.29) is 23.7 Å². The van der Waals surface area contributed by atoms with Crippen LogP contribution < -0.4 is 5.32 Å².